The summed E-state index contributed by atoms with van der Waals surface area (Å²) >= 11 is 0. The second-order valence-corrected chi connectivity index (χ2v) is 8.72. The average molecular weight is 417 g/mol. The molecular formula is C23H19N3O3S. The van der Waals surface area contributed by atoms with Crippen molar-refractivity contribution in [1.29, 1.82) is 0 Å². The maximum Gasteiger partial charge on any atom is 0.221 e. The van der Waals surface area contributed by atoms with Crippen LogP contribution >= 0.6 is 0 Å². The number of carbonyl (C=O) groups excluding carboxylic acids is 1. The predicted octanol–water partition coefficient (Wildman–Crippen LogP) is 4.52. The first-order valence-corrected chi connectivity index (χ1v) is 10.8. The smallest absolute Gasteiger partial charge is 0.221 e. The van der Waals surface area contributed by atoms with Crippen LogP contribution in [0.15, 0.2) is 82.6 Å². The second-order valence-electron chi connectivity index (χ2n) is 6.77. The SMILES string of the molecule is CC(=O)Nc1cccc(S(=O)(=O)c2ccc3c(C=Cc4ccccc4)n[nH]c3c2)c1. The third kappa shape index (κ3) is 4.01. The van der Waals surface area contributed by atoms with E-state index >= 15 is 0 Å². The Labute approximate surface area is 174 Å². The van der Waals surface area contributed by atoms with E-state index in [0.717, 1.165) is 16.6 Å². The van der Waals surface area contributed by atoms with Gasteiger partial charge in [0.25, 0.3) is 0 Å². The van der Waals surface area contributed by atoms with Gasteiger partial charge in [-0.2, -0.15) is 5.10 Å². The summed E-state index contributed by atoms with van der Waals surface area (Å²) in [7, 11) is -3.75. The molecule has 4 rings (SSSR count). The molecule has 2 N–H and O–H groups in total. The molecule has 0 aliphatic heterocycles. The number of hydrogen-bond donors (Lipinski definition) is 2. The summed E-state index contributed by atoms with van der Waals surface area (Å²) in [6.45, 7) is 1.37. The van der Waals surface area contributed by atoms with Crippen molar-refractivity contribution in [2.24, 2.45) is 0 Å². The van der Waals surface area contributed by atoms with Gasteiger partial charge < -0.3 is 5.32 Å². The lowest BCUT2D eigenvalue weighted by atomic mass is 10.1. The quantitative estimate of drug-likeness (QED) is 0.499. The number of rotatable bonds is 5. The molecule has 3 aromatic carbocycles. The molecule has 1 aromatic heterocycles. The molecule has 0 aliphatic carbocycles. The van der Waals surface area contributed by atoms with E-state index in [1.54, 1.807) is 30.3 Å². The number of fused-ring (bicyclic) bond motifs is 1. The lowest BCUT2D eigenvalue weighted by molar-refractivity contribution is -0.114. The predicted molar refractivity (Wildman–Crippen MR) is 118 cm³/mol. The molecule has 7 heteroatoms. The van der Waals surface area contributed by atoms with E-state index in [-0.39, 0.29) is 15.7 Å². The fourth-order valence-corrected chi connectivity index (χ4v) is 4.47. The fourth-order valence-electron chi connectivity index (χ4n) is 3.13. The molecule has 1 heterocycles. The molecule has 0 fully saturated rings. The van der Waals surface area contributed by atoms with E-state index in [9.17, 15) is 13.2 Å². The molecule has 0 radical (unpaired) electrons. The summed E-state index contributed by atoms with van der Waals surface area (Å²) in [6, 6.07) is 20.9. The van der Waals surface area contributed by atoms with Gasteiger partial charge >= 0.3 is 0 Å². The van der Waals surface area contributed by atoms with E-state index < -0.39 is 9.84 Å². The zero-order valence-electron chi connectivity index (χ0n) is 16.2. The standard InChI is InChI=1S/C23H19N3O3S/c1-16(27)24-18-8-5-9-19(14-18)30(28,29)20-11-12-21-22(25-26-23(21)15-20)13-10-17-6-3-2-4-7-17/h2-15H,1H3,(H,24,27)(H,25,26). The monoisotopic (exact) mass is 417 g/mol. The molecule has 0 spiro atoms. The van der Waals surface area contributed by atoms with Gasteiger partial charge in [-0.3, -0.25) is 9.89 Å². The highest BCUT2D eigenvalue weighted by molar-refractivity contribution is 7.91. The van der Waals surface area contributed by atoms with Crippen molar-refractivity contribution in [3.63, 3.8) is 0 Å². The van der Waals surface area contributed by atoms with Gasteiger partial charge in [0.2, 0.25) is 15.7 Å². The number of anilines is 1. The largest absolute Gasteiger partial charge is 0.326 e. The summed E-state index contributed by atoms with van der Waals surface area (Å²) in [5, 5.41) is 10.6. The maximum absolute atomic E-state index is 13.1. The maximum atomic E-state index is 13.1. The molecule has 0 saturated carbocycles. The number of hydrogen-bond acceptors (Lipinski definition) is 4. The van der Waals surface area contributed by atoms with Crippen LogP contribution < -0.4 is 5.32 Å². The number of aromatic amines is 1. The molecule has 0 bridgehead atoms. The molecule has 0 unspecified atom stereocenters. The van der Waals surface area contributed by atoms with Crippen LogP contribution in [0.2, 0.25) is 0 Å². The summed E-state index contributed by atoms with van der Waals surface area (Å²) < 4.78 is 26.1. The van der Waals surface area contributed by atoms with Crippen molar-refractivity contribution in [2.45, 2.75) is 16.7 Å². The Bertz CT molecular complexity index is 1360. The first-order chi connectivity index (χ1) is 14.4. The van der Waals surface area contributed by atoms with E-state index in [1.165, 1.54) is 19.1 Å². The molecule has 4 aromatic rings. The summed E-state index contributed by atoms with van der Waals surface area (Å²) in [5.74, 6) is -0.264. The van der Waals surface area contributed by atoms with Crippen LogP contribution in [0.1, 0.15) is 18.2 Å². The molecule has 0 saturated heterocycles. The molecule has 30 heavy (non-hydrogen) atoms. The Hall–Kier alpha value is -3.71. The van der Waals surface area contributed by atoms with Gasteiger partial charge in [-0.25, -0.2) is 8.42 Å². The molecule has 1 amide bonds. The van der Waals surface area contributed by atoms with E-state index in [0.29, 0.717) is 11.2 Å². The number of aromatic nitrogens is 2. The van der Waals surface area contributed by atoms with Gasteiger partial charge in [-0.15, -0.1) is 0 Å². The van der Waals surface area contributed by atoms with Crippen molar-refractivity contribution in [3.8, 4) is 0 Å². The highest BCUT2D eigenvalue weighted by atomic mass is 32.2. The van der Waals surface area contributed by atoms with Crippen molar-refractivity contribution >= 4 is 44.5 Å². The van der Waals surface area contributed by atoms with Crippen LogP contribution in [0, 0.1) is 0 Å². The van der Waals surface area contributed by atoms with Gasteiger partial charge in [0.05, 0.1) is 21.0 Å². The minimum atomic E-state index is -3.75. The summed E-state index contributed by atoms with van der Waals surface area (Å²) in [5.41, 5.74) is 2.83. The molecular weight excluding hydrogens is 398 g/mol. The van der Waals surface area contributed by atoms with Crippen molar-refractivity contribution in [2.75, 3.05) is 5.32 Å². The third-order valence-electron chi connectivity index (χ3n) is 4.57. The van der Waals surface area contributed by atoms with Gasteiger partial charge in [-0.1, -0.05) is 42.5 Å². The Balaban J connectivity index is 1.67. The first-order valence-electron chi connectivity index (χ1n) is 9.27. The first kappa shape index (κ1) is 19.6. The number of carbonyl (C=O) groups is 1. The second kappa shape index (κ2) is 7.96. The van der Waals surface area contributed by atoms with Crippen LogP contribution in [0.3, 0.4) is 0 Å². The number of benzene rings is 3. The van der Waals surface area contributed by atoms with Crippen molar-refractivity contribution < 1.29 is 13.2 Å². The van der Waals surface area contributed by atoms with E-state index in [2.05, 4.69) is 15.5 Å². The van der Waals surface area contributed by atoms with Crippen LogP contribution in [0.4, 0.5) is 5.69 Å². The zero-order valence-corrected chi connectivity index (χ0v) is 17.0. The van der Waals surface area contributed by atoms with Crippen molar-refractivity contribution in [1.82, 2.24) is 10.2 Å². The number of nitrogens with one attached hydrogen (secondary N) is 2. The van der Waals surface area contributed by atoms with Crippen molar-refractivity contribution in [3.05, 3.63) is 84.1 Å². The van der Waals surface area contributed by atoms with Crippen LogP contribution in [-0.4, -0.2) is 24.5 Å². The Morgan fingerprint density at radius 1 is 0.933 bits per heavy atom. The fraction of sp³-hybridized carbons (Fsp3) is 0.0435. The van der Waals surface area contributed by atoms with E-state index in [4.69, 9.17) is 0 Å². The molecule has 0 atom stereocenters. The Morgan fingerprint density at radius 2 is 1.70 bits per heavy atom. The average Bonchev–Trinajstić information content (AvgIpc) is 3.15. The zero-order chi connectivity index (χ0) is 21.1. The summed E-state index contributed by atoms with van der Waals surface area (Å²) in [4.78, 5) is 11.5. The minimum absolute atomic E-state index is 0.108. The van der Waals surface area contributed by atoms with Gasteiger partial charge in [-0.05, 0) is 48.0 Å². The number of nitrogens with zero attached hydrogens (tertiary/aromatic N) is 1. The normalized spacial score (nSPS) is 11.8. The topological polar surface area (TPSA) is 91.9 Å². The number of amides is 1. The summed E-state index contributed by atoms with van der Waals surface area (Å²) in [6.07, 6.45) is 3.84. The Morgan fingerprint density at radius 3 is 2.47 bits per heavy atom. The lowest BCUT2D eigenvalue weighted by Gasteiger charge is -2.07. The molecule has 0 aliphatic rings. The minimum Gasteiger partial charge on any atom is -0.326 e. The highest BCUT2D eigenvalue weighted by Gasteiger charge is 2.19. The number of sulfone groups is 1. The van der Waals surface area contributed by atoms with Gasteiger partial charge in [0, 0.05) is 18.0 Å². The third-order valence-corrected chi connectivity index (χ3v) is 6.32. The van der Waals surface area contributed by atoms with E-state index in [1.807, 2.05) is 42.5 Å². The Kier molecular flexibility index (Phi) is 5.20. The number of H-pyrrole nitrogens is 1. The van der Waals surface area contributed by atoms with Gasteiger partial charge in [0.1, 0.15) is 0 Å². The van der Waals surface area contributed by atoms with Crippen LogP contribution in [0.25, 0.3) is 23.1 Å². The van der Waals surface area contributed by atoms with Gasteiger partial charge in [0.15, 0.2) is 0 Å². The lowest BCUT2D eigenvalue weighted by Crippen LogP contribution is -2.07. The van der Waals surface area contributed by atoms with Crippen LogP contribution in [-0.2, 0) is 14.6 Å². The highest BCUT2D eigenvalue weighted by Crippen LogP contribution is 2.27. The molecule has 6 nitrogen and oxygen atoms in total. The molecule has 150 valence electrons. The van der Waals surface area contributed by atoms with Crippen LogP contribution in [0.5, 0.6) is 0 Å².